The number of likely N-dealkylation sites (N-methyl/N-ethyl adjacent to an activating group) is 1. The third-order valence-corrected chi connectivity index (χ3v) is 3.37. The number of hydrogen-bond donors (Lipinski definition) is 1. The van der Waals surface area contributed by atoms with Crippen LogP contribution in [0.3, 0.4) is 0 Å². The summed E-state index contributed by atoms with van der Waals surface area (Å²) in [4.78, 5) is 4.29. The van der Waals surface area contributed by atoms with E-state index in [0.717, 1.165) is 6.54 Å². The van der Waals surface area contributed by atoms with Crippen LogP contribution in [-0.4, -0.2) is 24.7 Å². The van der Waals surface area contributed by atoms with E-state index >= 15 is 0 Å². The fourth-order valence-corrected chi connectivity index (χ4v) is 2.42. The quantitative estimate of drug-likeness (QED) is 0.821. The highest BCUT2D eigenvalue weighted by molar-refractivity contribution is 5.22. The van der Waals surface area contributed by atoms with Gasteiger partial charge in [-0.1, -0.05) is 13.0 Å². The largest absolute Gasteiger partial charge is 0.379 e. The van der Waals surface area contributed by atoms with Crippen LogP contribution in [0.5, 0.6) is 0 Å². The maximum Gasteiger partial charge on any atom is 0.0794 e. The van der Waals surface area contributed by atoms with E-state index in [1.54, 1.807) is 0 Å². The van der Waals surface area contributed by atoms with Crippen molar-refractivity contribution in [1.82, 2.24) is 10.3 Å². The zero-order valence-corrected chi connectivity index (χ0v) is 10.9. The molecule has 1 aliphatic carbocycles. The number of hydrogen-bond acceptors (Lipinski definition) is 3. The average molecular weight is 234 g/mol. The minimum absolute atomic E-state index is 0.268. The zero-order valence-electron chi connectivity index (χ0n) is 10.9. The molecule has 3 heteroatoms. The Morgan fingerprint density at radius 3 is 2.76 bits per heavy atom. The predicted octanol–water partition coefficient (Wildman–Crippen LogP) is 2.47. The summed E-state index contributed by atoms with van der Waals surface area (Å²) in [6, 6.07) is 2.47. The zero-order chi connectivity index (χ0) is 12.3. The SMILES string of the molecule is CCNC(c1cncc(C)c1)C(OC)C1CC1. The third kappa shape index (κ3) is 3.05. The van der Waals surface area contributed by atoms with E-state index in [1.165, 1.54) is 24.0 Å². The Morgan fingerprint density at radius 1 is 1.47 bits per heavy atom. The van der Waals surface area contributed by atoms with Crippen molar-refractivity contribution in [2.75, 3.05) is 13.7 Å². The summed E-state index contributed by atoms with van der Waals surface area (Å²) < 4.78 is 5.69. The summed E-state index contributed by atoms with van der Waals surface area (Å²) in [5.74, 6) is 0.713. The molecule has 0 radical (unpaired) electrons. The fourth-order valence-electron chi connectivity index (χ4n) is 2.42. The van der Waals surface area contributed by atoms with Crippen molar-refractivity contribution in [2.24, 2.45) is 5.92 Å². The number of methoxy groups -OCH3 is 1. The Balaban J connectivity index is 2.20. The molecule has 0 bridgehead atoms. The second-order valence-electron chi connectivity index (χ2n) is 4.87. The Kier molecular flexibility index (Phi) is 4.13. The molecule has 0 saturated heterocycles. The van der Waals surface area contributed by atoms with Crippen molar-refractivity contribution in [2.45, 2.75) is 38.8 Å². The first-order valence-corrected chi connectivity index (χ1v) is 6.44. The van der Waals surface area contributed by atoms with Gasteiger partial charge in [0.2, 0.25) is 0 Å². The predicted molar refractivity (Wildman–Crippen MR) is 68.9 cm³/mol. The van der Waals surface area contributed by atoms with E-state index in [-0.39, 0.29) is 12.1 Å². The summed E-state index contributed by atoms with van der Waals surface area (Å²) in [7, 11) is 1.82. The number of pyridine rings is 1. The van der Waals surface area contributed by atoms with Crippen molar-refractivity contribution in [3.8, 4) is 0 Å². The lowest BCUT2D eigenvalue weighted by Crippen LogP contribution is -2.34. The van der Waals surface area contributed by atoms with Gasteiger partial charge in [-0.2, -0.15) is 0 Å². The lowest BCUT2D eigenvalue weighted by Gasteiger charge is -2.27. The minimum Gasteiger partial charge on any atom is -0.379 e. The fraction of sp³-hybridized carbons (Fsp3) is 0.643. The Morgan fingerprint density at radius 2 is 2.24 bits per heavy atom. The number of nitrogens with zero attached hydrogens (tertiary/aromatic N) is 1. The minimum atomic E-state index is 0.268. The van der Waals surface area contributed by atoms with Crippen LogP contribution in [0.1, 0.15) is 36.9 Å². The number of ether oxygens (including phenoxy) is 1. The summed E-state index contributed by atoms with van der Waals surface area (Å²) in [6.45, 7) is 5.17. The highest BCUT2D eigenvalue weighted by atomic mass is 16.5. The molecule has 1 aromatic rings. The van der Waals surface area contributed by atoms with Gasteiger partial charge in [-0.05, 0) is 43.4 Å². The molecule has 0 aliphatic heterocycles. The van der Waals surface area contributed by atoms with Crippen LogP contribution in [0.15, 0.2) is 18.5 Å². The average Bonchev–Trinajstić information content (AvgIpc) is 3.13. The van der Waals surface area contributed by atoms with Gasteiger partial charge in [0, 0.05) is 19.5 Å². The first kappa shape index (κ1) is 12.5. The van der Waals surface area contributed by atoms with E-state index in [0.29, 0.717) is 5.92 Å². The van der Waals surface area contributed by atoms with Gasteiger partial charge in [0.1, 0.15) is 0 Å². The molecule has 3 nitrogen and oxygen atoms in total. The highest BCUT2D eigenvalue weighted by Gasteiger charge is 2.37. The topological polar surface area (TPSA) is 34.2 Å². The first-order valence-electron chi connectivity index (χ1n) is 6.44. The molecule has 0 amide bonds. The smallest absolute Gasteiger partial charge is 0.0794 e. The molecule has 0 spiro atoms. The molecule has 1 aliphatic rings. The molecule has 1 saturated carbocycles. The van der Waals surface area contributed by atoms with Crippen LogP contribution in [0.25, 0.3) is 0 Å². The molecule has 2 atom stereocenters. The van der Waals surface area contributed by atoms with E-state index in [4.69, 9.17) is 4.74 Å². The normalized spacial score (nSPS) is 19.0. The number of nitrogens with one attached hydrogen (secondary N) is 1. The molecule has 17 heavy (non-hydrogen) atoms. The van der Waals surface area contributed by atoms with Crippen LogP contribution < -0.4 is 5.32 Å². The van der Waals surface area contributed by atoms with Gasteiger partial charge < -0.3 is 10.1 Å². The number of aryl methyl sites for hydroxylation is 1. The van der Waals surface area contributed by atoms with Gasteiger partial charge in [0.25, 0.3) is 0 Å². The van der Waals surface area contributed by atoms with Crippen LogP contribution in [0.4, 0.5) is 0 Å². The van der Waals surface area contributed by atoms with Gasteiger partial charge in [0.05, 0.1) is 12.1 Å². The summed E-state index contributed by atoms with van der Waals surface area (Å²) in [5.41, 5.74) is 2.45. The van der Waals surface area contributed by atoms with Crippen molar-refractivity contribution in [3.05, 3.63) is 29.6 Å². The summed E-state index contributed by atoms with van der Waals surface area (Å²) >= 11 is 0. The molecule has 94 valence electrons. The van der Waals surface area contributed by atoms with Gasteiger partial charge in [-0.15, -0.1) is 0 Å². The molecular formula is C14H22N2O. The Hall–Kier alpha value is -0.930. The molecule has 1 aromatic heterocycles. The van der Waals surface area contributed by atoms with Gasteiger partial charge >= 0.3 is 0 Å². The van der Waals surface area contributed by atoms with Crippen LogP contribution in [0, 0.1) is 12.8 Å². The lowest BCUT2D eigenvalue weighted by atomic mass is 9.98. The van der Waals surface area contributed by atoms with Crippen molar-refractivity contribution in [3.63, 3.8) is 0 Å². The van der Waals surface area contributed by atoms with Crippen LogP contribution in [-0.2, 0) is 4.74 Å². The van der Waals surface area contributed by atoms with Crippen molar-refractivity contribution < 1.29 is 4.74 Å². The van der Waals surface area contributed by atoms with Crippen LogP contribution in [0.2, 0.25) is 0 Å². The summed E-state index contributed by atoms with van der Waals surface area (Å²) in [6.07, 6.45) is 6.71. The second kappa shape index (κ2) is 5.61. The molecule has 1 heterocycles. The maximum atomic E-state index is 5.69. The van der Waals surface area contributed by atoms with E-state index in [1.807, 2.05) is 19.5 Å². The molecule has 2 unspecified atom stereocenters. The summed E-state index contributed by atoms with van der Waals surface area (Å²) in [5, 5.41) is 3.53. The molecular weight excluding hydrogens is 212 g/mol. The van der Waals surface area contributed by atoms with Gasteiger partial charge in [-0.3, -0.25) is 4.98 Å². The second-order valence-corrected chi connectivity index (χ2v) is 4.87. The first-order chi connectivity index (χ1) is 8.26. The van der Waals surface area contributed by atoms with E-state index < -0.39 is 0 Å². The third-order valence-electron chi connectivity index (χ3n) is 3.37. The molecule has 0 aromatic carbocycles. The lowest BCUT2D eigenvalue weighted by molar-refractivity contribution is 0.0510. The molecule has 2 rings (SSSR count). The van der Waals surface area contributed by atoms with E-state index in [9.17, 15) is 0 Å². The van der Waals surface area contributed by atoms with E-state index in [2.05, 4.69) is 30.2 Å². The molecule has 1 fully saturated rings. The Labute approximate surface area is 104 Å². The number of rotatable bonds is 6. The van der Waals surface area contributed by atoms with Crippen LogP contribution >= 0.6 is 0 Å². The standard InChI is InChI=1S/C14H22N2O/c1-4-16-13(14(17-3)11-5-6-11)12-7-10(2)8-15-9-12/h7-9,11,13-14,16H,4-6H2,1-3H3. The highest BCUT2D eigenvalue weighted by Crippen LogP contribution is 2.39. The molecule has 1 N–H and O–H groups in total. The Bertz CT molecular complexity index is 363. The number of aromatic nitrogens is 1. The maximum absolute atomic E-state index is 5.69. The monoisotopic (exact) mass is 234 g/mol. The van der Waals surface area contributed by atoms with Crippen molar-refractivity contribution >= 4 is 0 Å². The van der Waals surface area contributed by atoms with Crippen molar-refractivity contribution in [1.29, 1.82) is 0 Å². The van der Waals surface area contributed by atoms with Gasteiger partial charge in [0.15, 0.2) is 0 Å². The van der Waals surface area contributed by atoms with Gasteiger partial charge in [-0.25, -0.2) is 0 Å².